The summed E-state index contributed by atoms with van der Waals surface area (Å²) in [5, 5.41) is 8.23. The summed E-state index contributed by atoms with van der Waals surface area (Å²) >= 11 is 0. The van der Waals surface area contributed by atoms with Gasteiger partial charge in [-0.1, -0.05) is 24.8 Å². The largest absolute Gasteiger partial charge is 0.198 e. The molecule has 1 atom stereocenters. The molecule has 0 fully saturated rings. The van der Waals surface area contributed by atoms with Crippen LogP contribution in [-0.4, -0.2) is 0 Å². The molecule has 0 aromatic carbocycles. The third kappa shape index (κ3) is 3.17. The zero-order valence-corrected chi connectivity index (χ0v) is 4.96. The molecule has 8 heavy (non-hydrogen) atoms. The average molecular weight is 107 g/mol. The predicted molar refractivity (Wildman–Crippen MR) is 34.1 cm³/mol. The molecule has 0 spiro atoms. The lowest BCUT2D eigenvalue weighted by Crippen LogP contribution is -1.78. The van der Waals surface area contributed by atoms with E-state index >= 15 is 0 Å². The van der Waals surface area contributed by atoms with E-state index in [0.29, 0.717) is 0 Å². The first-order valence-corrected chi connectivity index (χ1v) is 2.50. The minimum Gasteiger partial charge on any atom is -0.198 e. The third-order valence-corrected chi connectivity index (χ3v) is 0.740. The minimum absolute atomic E-state index is 0.00741. The van der Waals surface area contributed by atoms with Crippen LogP contribution in [0.1, 0.15) is 6.92 Å². The number of nitrogens with zero attached hydrogens (tertiary/aromatic N) is 1. The molecule has 0 bridgehead atoms. The highest BCUT2D eigenvalue weighted by Crippen LogP contribution is 1.92. The highest BCUT2D eigenvalue weighted by Gasteiger charge is 1.86. The van der Waals surface area contributed by atoms with Crippen molar-refractivity contribution in [3.63, 3.8) is 0 Å². The van der Waals surface area contributed by atoms with Crippen molar-refractivity contribution in [3.8, 4) is 6.07 Å². The van der Waals surface area contributed by atoms with E-state index in [1.165, 1.54) is 0 Å². The van der Waals surface area contributed by atoms with Crippen molar-refractivity contribution in [2.75, 3.05) is 0 Å². The molecular weight excluding hydrogens is 98.1 g/mol. The first kappa shape index (κ1) is 6.97. The standard InChI is InChI=1S/C7H9N/c1-3-4-5-7(2)6-8/h3-5,7H,1H2,2H3/b5-4-/t7-/m1/s1. The van der Waals surface area contributed by atoms with Gasteiger partial charge < -0.3 is 0 Å². The van der Waals surface area contributed by atoms with Gasteiger partial charge in [-0.3, -0.25) is 0 Å². The molecule has 0 aromatic heterocycles. The van der Waals surface area contributed by atoms with Gasteiger partial charge in [0.15, 0.2) is 0 Å². The number of hydrogen-bond acceptors (Lipinski definition) is 1. The van der Waals surface area contributed by atoms with E-state index in [9.17, 15) is 0 Å². The van der Waals surface area contributed by atoms with Crippen LogP contribution >= 0.6 is 0 Å². The zero-order chi connectivity index (χ0) is 6.41. The second-order valence-corrected chi connectivity index (χ2v) is 1.54. The Kier molecular flexibility index (Phi) is 3.60. The molecule has 0 aliphatic heterocycles. The molecule has 0 rings (SSSR count). The Morgan fingerprint density at radius 3 is 2.75 bits per heavy atom. The van der Waals surface area contributed by atoms with E-state index in [-0.39, 0.29) is 5.92 Å². The molecule has 0 heterocycles. The van der Waals surface area contributed by atoms with Crippen LogP contribution < -0.4 is 0 Å². The summed E-state index contributed by atoms with van der Waals surface area (Å²) < 4.78 is 0. The van der Waals surface area contributed by atoms with Gasteiger partial charge in [0.2, 0.25) is 0 Å². The predicted octanol–water partition coefficient (Wildman–Crippen LogP) is 1.89. The Morgan fingerprint density at radius 1 is 1.75 bits per heavy atom. The molecule has 0 aliphatic carbocycles. The second kappa shape index (κ2) is 4.14. The van der Waals surface area contributed by atoms with Crippen molar-refractivity contribution in [3.05, 3.63) is 24.8 Å². The van der Waals surface area contributed by atoms with E-state index in [1.54, 1.807) is 18.2 Å². The van der Waals surface area contributed by atoms with Gasteiger partial charge in [0.25, 0.3) is 0 Å². The maximum Gasteiger partial charge on any atom is 0.0694 e. The summed E-state index contributed by atoms with van der Waals surface area (Å²) in [6.45, 7) is 5.30. The molecule has 0 unspecified atom stereocenters. The number of nitriles is 1. The molecule has 42 valence electrons. The highest BCUT2D eigenvalue weighted by atomic mass is 14.2. The molecule has 0 saturated carbocycles. The van der Waals surface area contributed by atoms with Gasteiger partial charge in [-0.25, -0.2) is 0 Å². The Hall–Kier alpha value is -1.03. The molecule has 0 aromatic rings. The summed E-state index contributed by atoms with van der Waals surface area (Å²) in [4.78, 5) is 0. The van der Waals surface area contributed by atoms with Crippen molar-refractivity contribution < 1.29 is 0 Å². The van der Waals surface area contributed by atoms with E-state index < -0.39 is 0 Å². The van der Waals surface area contributed by atoms with Crippen molar-refractivity contribution >= 4 is 0 Å². The lowest BCUT2D eigenvalue weighted by Gasteiger charge is -1.84. The molecule has 0 N–H and O–H groups in total. The van der Waals surface area contributed by atoms with Crippen molar-refractivity contribution in [2.24, 2.45) is 5.92 Å². The lowest BCUT2D eigenvalue weighted by molar-refractivity contribution is 0.957. The second-order valence-electron chi connectivity index (χ2n) is 1.54. The van der Waals surface area contributed by atoms with Crippen LogP contribution in [0.5, 0.6) is 0 Å². The molecule has 0 aliphatic rings. The normalized spacial score (nSPS) is 13.0. The molecule has 0 saturated heterocycles. The lowest BCUT2D eigenvalue weighted by atomic mass is 10.2. The van der Waals surface area contributed by atoms with Gasteiger partial charge in [0.1, 0.15) is 0 Å². The zero-order valence-electron chi connectivity index (χ0n) is 4.96. The van der Waals surface area contributed by atoms with Crippen molar-refractivity contribution in [2.45, 2.75) is 6.92 Å². The van der Waals surface area contributed by atoms with Gasteiger partial charge >= 0.3 is 0 Å². The van der Waals surface area contributed by atoms with E-state index in [4.69, 9.17) is 5.26 Å². The Bertz CT molecular complexity index is 128. The van der Waals surface area contributed by atoms with Gasteiger partial charge in [-0.05, 0) is 6.92 Å². The van der Waals surface area contributed by atoms with Gasteiger partial charge in [-0.2, -0.15) is 5.26 Å². The molecule has 1 heteroatoms. The number of allylic oxidation sites excluding steroid dienone is 3. The summed E-state index contributed by atoms with van der Waals surface area (Å²) in [6, 6.07) is 2.07. The van der Waals surface area contributed by atoms with E-state index in [1.807, 2.05) is 6.92 Å². The molecule has 0 amide bonds. The molecule has 0 radical (unpaired) electrons. The first-order valence-electron chi connectivity index (χ1n) is 2.50. The first-order chi connectivity index (χ1) is 3.81. The van der Waals surface area contributed by atoms with Crippen molar-refractivity contribution in [1.29, 1.82) is 5.26 Å². The number of rotatable bonds is 2. The Morgan fingerprint density at radius 2 is 2.38 bits per heavy atom. The summed E-state index contributed by atoms with van der Waals surface area (Å²) in [6.07, 6.45) is 5.23. The van der Waals surface area contributed by atoms with E-state index in [2.05, 4.69) is 12.6 Å². The Balaban J connectivity index is 3.56. The average Bonchev–Trinajstić information content (AvgIpc) is 1.83. The summed E-state index contributed by atoms with van der Waals surface area (Å²) in [5.74, 6) is 0.00741. The maximum absolute atomic E-state index is 8.23. The monoisotopic (exact) mass is 107 g/mol. The minimum atomic E-state index is 0.00741. The quantitative estimate of drug-likeness (QED) is 0.494. The number of hydrogen-bond donors (Lipinski definition) is 0. The SMILES string of the molecule is C=C/C=C\[C@@H](C)C#N. The highest BCUT2D eigenvalue weighted by molar-refractivity contribution is 5.04. The fourth-order valence-corrected chi connectivity index (χ4v) is 0.288. The van der Waals surface area contributed by atoms with Crippen LogP contribution in [0.3, 0.4) is 0 Å². The van der Waals surface area contributed by atoms with Crippen LogP contribution in [0.2, 0.25) is 0 Å². The van der Waals surface area contributed by atoms with E-state index in [0.717, 1.165) is 0 Å². The maximum atomic E-state index is 8.23. The van der Waals surface area contributed by atoms with Crippen LogP contribution in [0.15, 0.2) is 24.8 Å². The van der Waals surface area contributed by atoms with Gasteiger partial charge in [0.05, 0.1) is 12.0 Å². The van der Waals surface area contributed by atoms with Crippen LogP contribution in [0.25, 0.3) is 0 Å². The fraction of sp³-hybridized carbons (Fsp3) is 0.286. The smallest absolute Gasteiger partial charge is 0.0694 e. The molecular formula is C7H9N. The fourth-order valence-electron chi connectivity index (χ4n) is 0.288. The van der Waals surface area contributed by atoms with Crippen molar-refractivity contribution in [1.82, 2.24) is 0 Å². The van der Waals surface area contributed by atoms with Crippen LogP contribution in [-0.2, 0) is 0 Å². The third-order valence-electron chi connectivity index (χ3n) is 0.740. The van der Waals surface area contributed by atoms with Crippen LogP contribution in [0, 0.1) is 17.2 Å². The topological polar surface area (TPSA) is 23.8 Å². The van der Waals surface area contributed by atoms with Gasteiger partial charge in [0, 0.05) is 0 Å². The summed E-state index contributed by atoms with van der Waals surface area (Å²) in [7, 11) is 0. The molecule has 1 nitrogen and oxygen atoms in total. The van der Waals surface area contributed by atoms with Crippen LogP contribution in [0.4, 0.5) is 0 Å². The summed E-state index contributed by atoms with van der Waals surface area (Å²) in [5.41, 5.74) is 0. The van der Waals surface area contributed by atoms with Gasteiger partial charge in [-0.15, -0.1) is 0 Å². The Labute approximate surface area is 49.9 Å².